The number of rotatable bonds is 9. The second-order valence-electron chi connectivity index (χ2n) is 6.11. The minimum absolute atomic E-state index is 0.733. The van der Waals surface area contributed by atoms with Crippen molar-refractivity contribution >= 4 is 0 Å². The maximum atomic E-state index is 5.77. The predicted molar refractivity (Wildman–Crippen MR) is 88.2 cm³/mol. The molecule has 0 aromatic heterocycles. The standard InChI is InChI=1S/C18H30N2O/c19-11-5-4-6-17-9-12-20(13-10-17)14-15-21-16-18-7-2-1-3-8-18/h1-3,7-8,17H,4-6,9-16,19H2. The van der Waals surface area contributed by atoms with Gasteiger partial charge in [0.15, 0.2) is 0 Å². The van der Waals surface area contributed by atoms with E-state index in [-0.39, 0.29) is 0 Å². The van der Waals surface area contributed by atoms with Crippen molar-refractivity contribution in [3.05, 3.63) is 35.9 Å². The largest absolute Gasteiger partial charge is 0.375 e. The van der Waals surface area contributed by atoms with E-state index in [2.05, 4.69) is 29.2 Å². The fourth-order valence-electron chi connectivity index (χ4n) is 3.03. The lowest BCUT2D eigenvalue weighted by Gasteiger charge is -2.31. The van der Waals surface area contributed by atoms with Crippen molar-refractivity contribution in [3.63, 3.8) is 0 Å². The number of nitrogens with zero attached hydrogens (tertiary/aromatic N) is 1. The molecular formula is C18H30N2O. The van der Waals surface area contributed by atoms with Gasteiger partial charge >= 0.3 is 0 Å². The normalized spacial score (nSPS) is 17.2. The van der Waals surface area contributed by atoms with Crippen molar-refractivity contribution in [2.75, 3.05) is 32.8 Å². The maximum Gasteiger partial charge on any atom is 0.0717 e. The molecule has 0 bridgehead atoms. The highest BCUT2D eigenvalue weighted by molar-refractivity contribution is 5.13. The van der Waals surface area contributed by atoms with Gasteiger partial charge < -0.3 is 15.4 Å². The van der Waals surface area contributed by atoms with E-state index in [1.807, 2.05) is 6.07 Å². The molecule has 1 aromatic carbocycles. The molecule has 1 aliphatic rings. The van der Waals surface area contributed by atoms with Crippen molar-refractivity contribution in [2.24, 2.45) is 11.7 Å². The molecule has 1 aromatic rings. The number of hydrogen-bond acceptors (Lipinski definition) is 3. The van der Waals surface area contributed by atoms with Gasteiger partial charge in [-0.25, -0.2) is 0 Å². The van der Waals surface area contributed by atoms with Crippen LogP contribution in [0.1, 0.15) is 37.7 Å². The SMILES string of the molecule is NCCCCC1CCN(CCOCc2ccccc2)CC1. The molecule has 0 aliphatic carbocycles. The Kier molecular flexibility index (Phi) is 7.79. The summed E-state index contributed by atoms with van der Waals surface area (Å²) in [6, 6.07) is 10.4. The lowest BCUT2D eigenvalue weighted by molar-refractivity contribution is 0.0783. The Labute approximate surface area is 129 Å². The minimum atomic E-state index is 0.733. The van der Waals surface area contributed by atoms with E-state index in [0.29, 0.717) is 0 Å². The molecule has 0 atom stereocenters. The van der Waals surface area contributed by atoms with Crippen molar-refractivity contribution < 1.29 is 4.74 Å². The van der Waals surface area contributed by atoms with Gasteiger partial charge in [-0.05, 0) is 50.4 Å². The summed E-state index contributed by atoms with van der Waals surface area (Å²) < 4.78 is 5.77. The number of hydrogen-bond donors (Lipinski definition) is 1. The molecule has 2 N–H and O–H groups in total. The first-order valence-electron chi connectivity index (χ1n) is 8.42. The van der Waals surface area contributed by atoms with Crippen LogP contribution in [0.5, 0.6) is 0 Å². The molecule has 0 amide bonds. The zero-order valence-corrected chi connectivity index (χ0v) is 13.2. The van der Waals surface area contributed by atoms with E-state index in [1.54, 1.807) is 0 Å². The average molecular weight is 290 g/mol. The van der Waals surface area contributed by atoms with Crippen LogP contribution < -0.4 is 5.73 Å². The molecule has 0 spiro atoms. The zero-order valence-electron chi connectivity index (χ0n) is 13.2. The summed E-state index contributed by atoms with van der Waals surface area (Å²) in [5, 5.41) is 0. The van der Waals surface area contributed by atoms with E-state index in [9.17, 15) is 0 Å². The van der Waals surface area contributed by atoms with Gasteiger partial charge in [0.2, 0.25) is 0 Å². The van der Waals surface area contributed by atoms with Gasteiger partial charge in [0.05, 0.1) is 13.2 Å². The number of ether oxygens (including phenoxy) is 1. The zero-order chi connectivity index (χ0) is 14.8. The lowest BCUT2D eigenvalue weighted by Crippen LogP contribution is -2.36. The topological polar surface area (TPSA) is 38.5 Å². The monoisotopic (exact) mass is 290 g/mol. The first kappa shape index (κ1) is 16.5. The summed E-state index contributed by atoms with van der Waals surface area (Å²) in [4.78, 5) is 2.55. The Bertz CT molecular complexity index is 361. The van der Waals surface area contributed by atoms with Crippen molar-refractivity contribution in [2.45, 2.75) is 38.7 Å². The predicted octanol–water partition coefficient (Wildman–Crippen LogP) is 3.04. The molecule has 1 saturated heterocycles. The van der Waals surface area contributed by atoms with Crippen LogP contribution in [-0.4, -0.2) is 37.7 Å². The fourth-order valence-corrected chi connectivity index (χ4v) is 3.03. The quantitative estimate of drug-likeness (QED) is 0.710. The van der Waals surface area contributed by atoms with E-state index in [1.165, 1.54) is 50.8 Å². The summed E-state index contributed by atoms with van der Waals surface area (Å²) in [5.74, 6) is 0.929. The van der Waals surface area contributed by atoms with Crippen molar-refractivity contribution in [1.82, 2.24) is 4.90 Å². The first-order valence-corrected chi connectivity index (χ1v) is 8.42. The van der Waals surface area contributed by atoms with Crippen LogP contribution in [-0.2, 0) is 11.3 Å². The highest BCUT2D eigenvalue weighted by atomic mass is 16.5. The molecule has 3 nitrogen and oxygen atoms in total. The Morgan fingerprint density at radius 1 is 1.10 bits per heavy atom. The highest BCUT2D eigenvalue weighted by Gasteiger charge is 2.18. The molecule has 2 rings (SSSR count). The molecule has 1 aliphatic heterocycles. The molecule has 0 saturated carbocycles. The summed E-state index contributed by atoms with van der Waals surface area (Å²) in [5.41, 5.74) is 6.81. The third-order valence-electron chi connectivity index (χ3n) is 4.44. The molecule has 3 heteroatoms. The lowest BCUT2D eigenvalue weighted by atomic mass is 9.91. The Hall–Kier alpha value is -0.900. The van der Waals surface area contributed by atoms with Crippen LogP contribution in [0, 0.1) is 5.92 Å². The number of piperidine rings is 1. The second-order valence-corrected chi connectivity index (χ2v) is 6.11. The van der Waals surface area contributed by atoms with E-state index in [0.717, 1.165) is 32.2 Å². The molecule has 0 radical (unpaired) electrons. The van der Waals surface area contributed by atoms with Crippen LogP contribution in [0.25, 0.3) is 0 Å². The van der Waals surface area contributed by atoms with E-state index in [4.69, 9.17) is 10.5 Å². The highest BCUT2D eigenvalue weighted by Crippen LogP contribution is 2.22. The minimum Gasteiger partial charge on any atom is -0.375 e. The van der Waals surface area contributed by atoms with Crippen LogP contribution in [0.3, 0.4) is 0 Å². The van der Waals surface area contributed by atoms with Gasteiger partial charge in [0.1, 0.15) is 0 Å². The Morgan fingerprint density at radius 3 is 2.57 bits per heavy atom. The van der Waals surface area contributed by atoms with Gasteiger partial charge in [-0.2, -0.15) is 0 Å². The van der Waals surface area contributed by atoms with E-state index < -0.39 is 0 Å². The van der Waals surface area contributed by atoms with Gasteiger partial charge in [0.25, 0.3) is 0 Å². The average Bonchev–Trinajstić information content (AvgIpc) is 2.54. The number of unbranched alkanes of at least 4 members (excludes halogenated alkanes) is 1. The van der Waals surface area contributed by atoms with Crippen LogP contribution in [0.4, 0.5) is 0 Å². The first-order chi connectivity index (χ1) is 10.4. The fraction of sp³-hybridized carbons (Fsp3) is 0.667. The number of benzene rings is 1. The molecule has 1 fully saturated rings. The van der Waals surface area contributed by atoms with Crippen LogP contribution >= 0.6 is 0 Å². The third-order valence-corrected chi connectivity index (χ3v) is 4.44. The van der Waals surface area contributed by atoms with Gasteiger partial charge in [0, 0.05) is 6.54 Å². The Balaban J connectivity index is 1.51. The summed E-state index contributed by atoms with van der Waals surface area (Å²) in [7, 11) is 0. The molecule has 118 valence electrons. The molecular weight excluding hydrogens is 260 g/mol. The summed E-state index contributed by atoms with van der Waals surface area (Å²) in [6.45, 7) is 5.97. The van der Waals surface area contributed by atoms with Gasteiger partial charge in [-0.3, -0.25) is 0 Å². The molecule has 0 unspecified atom stereocenters. The van der Waals surface area contributed by atoms with Gasteiger partial charge in [-0.15, -0.1) is 0 Å². The molecule has 1 heterocycles. The van der Waals surface area contributed by atoms with E-state index >= 15 is 0 Å². The Morgan fingerprint density at radius 2 is 1.86 bits per heavy atom. The number of likely N-dealkylation sites (tertiary alicyclic amines) is 1. The van der Waals surface area contributed by atoms with Crippen LogP contribution in [0.15, 0.2) is 30.3 Å². The maximum absolute atomic E-state index is 5.77. The smallest absolute Gasteiger partial charge is 0.0717 e. The molecule has 21 heavy (non-hydrogen) atoms. The van der Waals surface area contributed by atoms with Gasteiger partial charge in [-0.1, -0.05) is 43.2 Å². The summed E-state index contributed by atoms with van der Waals surface area (Å²) >= 11 is 0. The third kappa shape index (κ3) is 6.60. The van der Waals surface area contributed by atoms with Crippen LogP contribution in [0.2, 0.25) is 0 Å². The van der Waals surface area contributed by atoms with Crippen molar-refractivity contribution in [1.29, 1.82) is 0 Å². The second kappa shape index (κ2) is 9.93. The number of nitrogens with two attached hydrogens (primary N) is 1. The summed E-state index contributed by atoms with van der Waals surface area (Å²) in [6.07, 6.45) is 6.57. The van der Waals surface area contributed by atoms with Crippen molar-refractivity contribution in [3.8, 4) is 0 Å².